The third kappa shape index (κ3) is 3.47. The third-order valence-electron chi connectivity index (χ3n) is 2.88. The number of rotatable bonds is 5. The van der Waals surface area contributed by atoms with Gasteiger partial charge in [0, 0.05) is 6.42 Å². The third-order valence-corrected chi connectivity index (χ3v) is 2.88. The second kappa shape index (κ2) is 6.06. The lowest BCUT2D eigenvalue weighted by molar-refractivity contribution is -0.139. The lowest BCUT2D eigenvalue weighted by Gasteiger charge is -2.13. The highest BCUT2D eigenvalue weighted by atomic mass is 16.4. The summed E-state index contributed by atoms with van der Waals surface area (Å²) in [7, 11) is 0. The van der Waals surface area contributed by atoms with Gasteiger partial charge in [-0.05, 0) is 18.6 Å². The molecule has 0 aliphatic rings. The van der Waals surface area contributed by atoms with Crippen LogP contribution in [-0.2, 0) is 11.2 Å². The molecule has 1 aromatic heterocycles. The van der Waals surface area contributed by atoms with Gasteiger partial charge in [0.05, 0.1) is 5.56 Å². The number of carbonyl (C=O) groups excluding carboxylic acids is 1. The highest BCUT2D eigenvalue weighted by molar-refractivity contribution is 5.96. The Morgan fingerprint density at radius 2 is 2.00 bits per heavy atom. The molecule has 0 aliphatic heterocycles. The summed E-state index contributed by atoms with van der Waals surface area (Å²) in [6, 6.07) is 9.75. The van der Waals surface area contributed by atoms with Gasteiger partial charge >= 0.3 is 5.97 Å². The van der Waals surface area contributed by atoms with Crippen LogP contribution < -0.4 is 5.32 Å². The van der Waals surface area contributed by atoms with Gasteiger partial charge in [0.25, 0.3) is 5.91 Å². The van der Waals surface area contributed by atoms with E-state index < -0.39 is 17.9 Å². The largest absolute Gasteiger partial charge is 0.480 e. The van der Waals surface area contributed by atoms with Gasteiger partial charge in [0.1, 0.15) is 18.1 Å². The number of hydrogen-bond donors (Lipinski definition) is 2. The summed E-state index contributed by atoms with van der Waals surface area (Å²) in [5.41, 5.74) is 1.17. The molecule has 20 heavy (non-hydrogen) atoms. The lowest BCUT2D eigenvalue weighted by Crippen LogP contribution is -2.42. The maximum Gasteiger partial charge on any atom is 0.326 e. The summed E-state index contributed by atoms with van der Waals surface area (Å²) in [5, 5.41) is 11.7. The van der Waals surface area contributed by atoms with E-state index in [1.54, 1.807) is 13.0 Å². The first-order chi connectivity index (χ1) is 9.56. The minimum absolute atomic E-state index is 0.235. The van der Waals surface area contributed by atoms with E-state index in [1.165, 1.54) is 6.26 Å². The molecule has 1 aromatic carbocycles. The predicted molar refractivity (Wildman–Crippen MR) is 72.5 cm³/mol. The Kier molecular flexibility index (Phi) is 4.20. The topological polar surface area (TPSA) is 79.5 Å². The molecular weight excluding hydrogens is 258 g/mol. The molecule has 1 atom stereocenters. The molecule has 0 spiro atoms. The number of nitrogens with one attached hydrogen (secondary N) is 1. The zero-order valence-corrected chi connectivity index (χ0v) is 11.0. The fourth-order valence-corrected chi connectivity index (χ4v) is 1.85. The Morgan fingerprint density at radius 3 is 2.55 bits per heavy atom. The van der Waals surface area contributed by atoms with Crippen molar-refractivity contribution in [2.75, 3.05) is 0 Å². The molecule has 2 aromatic rings. The van der Waals surface area contributed by atoms with Crippen molar-refractivity contribution < 1.29 is 19.1 Å². The van der Waals surface area contributed by atoms with Gasteiger partial charge in [0.2, 0.25) is 0 Å². The summed E-state index contributed by atoms with van der Waals surface area (Å²) in [6.07, 6.45) is 1.55. The van der Waals surface area contributed by atoms with Gasteiger partial charge in [-0.25, -0.2) is 4.79 Å². The molecule has 0 fully saturated rings. The van der Waals surface area contributed by atoms with Crippen LogP contribution in [0, 0.1) is 6.92 Å². The Hall–Kier alpha value is -2.56. The van der Waals surface area contributed by atoms with Gasteiger partial charge in [-0.15, -0.1) is 0 Å². The summed E-state index contributed by atoms with van der Waals surface area (Å²) in [5.74, 6) is -0.919. The second-order valence-corrected chi connectivity index (χ2v) is 4.50. The molecule has 2 rings (SSSR count). The first kappa shape index (κ1) is 13.9. The Balaban J connectivity index is 2.06. The van der Waals surface area contributed by atoms with Crippen molar-refractivity contribution in [3.8, 4) is 0 Å². The van der Waals surface area contributed by atoms with E-state index in [-0.39, 0.29) is 6.42 Å². The van der Waals surface area contributed by atoms with Crippen LogP contribution >= 0.6 is 0 Å². The number of amides is 1. The Labute approximate surface area is 116 Å². The number of aryl methyl sites for hydroxylation is 1. The van der Waals surface area contributed by atoms with Crippen molar-refractivity contribution in [1.29, 1.82) is 0 Å². The molecule has 0 radical (unpaired) electrons. The van der Waals surface area contributed by atoms with Crippen LogP contribution in [0.4, 0.5) is 0 Å². The van der Waals surface area contributed by atoms with Crippen LogP contribution in [0.25, 0.3) is 0 Å². The van der Waals surface area contributed by atoms with Gasteiger partial charge in [-0.3, -0.25) is 4.79 Å². The van der Waals surface area contributed by atoms with Crippen molar-refractivity contribution in [3.63, 3.8) is 0 Å². The minimum atomic E-state index is -1.07. The van der Waals surface area contributed by atoms with Crippen LogP contribution in [0.3, 0.4) is 0 Å². The normalized spacial score (nSPS) is 11.8. The molecule has 5 nitrogen and oxygen atoms in total. The van der Waals surface area contributed by atoms with Crippen LogP contribution in [0.1, 0.15) is 21.7 Å². The molecule has 2 N–H and O–H groups in total. The SMILES string of the molecule is Cc1cc(C(=O)N[C@H](Cc2ccccc2)C(=O)O)co1. The second-order valence-electron chi connectivity index (χ2n) is 4.50. The highest BCUT2D eigenvalue weighted by Crippen LogP contribution is 2.08. The number of aliphatic carboxylic acids is 1. The smallest absolute Gasteiger partial charge is 0.326 e. The molecule has 0 aliphatic carbocycles. The Bertz CT molecular complexity index is 603. The van der Waals surface area contributed by atoms with Crippen LogP contribution in [0.2, 0.25) is 0 Å². The fraction of sp³-hybridized carbons (Fsp3) is 0.200. The molecule has 1 heterocycles. The average molecular weight is 273 g/mol. The molecule has 0 saturated heterocycles. The highest BCUT2D eigenvalue weighted by Gasteiger charge is 2.21. The van der Waals surface area contributed by atoms with Crippen LogP contribution in [0.5, 0.6) is 0 Å². The molecule has 0 unspecified atom stereocenters. The van der Waals surface area contributed by atoms with Crippen molar-refractivity contribution in [2.45, 2.75) is 19.4 Å². The quantitative estimate of drug-likeness (QED) is 0.873. The summed E-state index contributed by atoms with van der Waals surface area (Å²) < 4.78 is 5.04. The van der Waals surface area contributed by atoms with E-state index in [9.17, 15) is 14.7 Å². The van der Waals surface area contributed by atoms with Gasteiger partial charge in [-0.2, -0.15) is 0 Å². The molecular formula is C15H15NO4. The average Bonchev–Trinajstić information content (AvgIpc) is 2.86. The number of carboxylic acids is 1. The maximum atomic E-state index is 11.9. The van der Waals surface area contributed by atoms with Crippen molar-refractivity contribution in [1.82, 2.24) is 5.32 Å². The fourth-order valence-electron chi connectivity index (χ4n) is 1.85. The number of hydrogen-bond acceptors (Lipinski definition) is 3. The van der Waals surface area contributed by atoms with Crippen molar-refractivity contribution >= 4 is 11.9 Å². The van der Waals surface area contributed by atoms with E-state index in [0.29, 0.717) is 11.3 Å². The summed E-state index contributed by atoms with van der Waals surface area (Å²) in [4.78, 5) is 23.2. The van der Waals surface area contributed by atoms with E-state index in [4.69, 9.17) is 4.42 Å². The maximum absolute atomic E-state index is 11.9. The van der Waals surface area contributed by atoms with E-state index >= 15 is 0 Å². The van der Waals surface area contributed by atoms with Crippen molar-refractivity contribution in [2.24, 2.45) is 0 Å². The first-order valence-corrected chi connectivity index (χ1v) is 6.19. The van der Waals surface area contributed by atoms with Crippen molar-refractivity contribution in [3.05, 3.63) is 59.5 Å². The van der Waals surface area contributed by atoms with Gasteiger partial charge in [-0.1, -0.05) is 30.3 Å². The van der Waals surface area contributed by atoms with Crippen LogP contribution in [0.15, 0.2) is 47.1 Å². The van der Waals surface area contributed by atoms with E-state index in [0.717, 1.165) is 5.56 Å². The number of carbonyl (C=O) groups is 2. The number of benzene rings is 1. The molecule has 5 heteroatoms. The number of furan rings is 1. The summed E-state index contributed by atoms with van der Waals surface area (Å²) in [6.45, 7) is 1.72. The van der Waals surface area contributed by atoms with Gasteiger partial charge < -0.3 is 14.8 Å². The first-order valence-electron chi connectivity index (χ1n) is 6.19. The van der Waals surface area contributed by atoms with E-state index in [1.807, 2.05) is 30.3 Å². The zero-order chi connectivity index (χ0) is 14.5. The number of carboxylic acid groups (broad SMARTS) is 1. The minimum Gasteiger partial charge on any atom is -0.480 e. The zero-order valence-electron chi connectivity index (χ0n) is 11.0. The Morgan fingerprint density at radius 1 is 1.30 bits per heavy atom. The molecule has 0 saturated carbocycles. The van der Waals surface area contributed by atoms with Gasteiger partial charge in [0.15, 0.2) is 0 Å². The van der Waals surface area contributed by atoms with Crippen LogP contribution in [-0.4, -0.2) is 23.0 Å². The van der Waals surface area contributed by atoms with E-state index in [2.05, 4.69) is 5.32 Å². The molecule has 1 amide bonds. The monoisotopic (exact) mass is 273 g/mol. The molecule has 104 valence electrons. The predicted octanol–water partition coefficient (Wildman–Crippen LogP) is 2.01. The standard InChI is InChI=1S/C15H15NO4/c1-10-7-12(9-20-10)14(17)16-13(15(18)19)8-11-5-3-2-4-6-11/h2-7,9,13H,8H2,1H3,(H,16,17)(H,18,19)/t13-/m1/s1. The summed E-state index contributed by atoms with van der Waals surface area (Å²) >= 11 is 0. The molecule has 0 bridgehead atoms. The lowest BCUT2D eigenvalue weighted by atomic mass is 10.1.